The van der Waals surface area contributed by atoms with Crippen LogP contribution in [0.15, 0.2) is 22.7 Å². The van der Waals surface area contributed by atoms with Gasteiger partial charge in [-0.1, -0.05) is 41.3 Å². The fourth-order valence-electron chi connectivity index (χ4n) is 3.02. The Hall–Kier alpha value is -0.940. The van der Waals surface area contributed by atoms with Gasteiger partial charge in [-0.15, -0.1) is 0 Å². The quantitative estimate of drug-likeness (QED) is 0.675. The first-order valence-corrected chi connectivity index (χ1v) is 7.48. The summed E-state index contributed by atoms with van der Waals surface area (Å²) < 4.78 is 0.744. The zero-order valence-electron chi connectivity index (χ0n) is 10.9. The molecule has 2 N–H and O–H groups in total. The lowest BCUT2D eigenvalue weighted by atomic mass is 9.70. The summed E-state index contributed by atoms with van der Waals surface area (Å²) in [5, 5.41) is 11.2. The Bertz CT molecular complexity index is 471. The van der Waals surface area contributed by atoms with Crippen molar-refractivity contribution in [1.29, 1.82) is 0 Å². The molecule has 0 atom stereocenters. The van der Waals surface area contributed by atoms with Gasteiger partial charge >= 0.3 is 0 Å². The van der Waals surface area contributed by atoms with E-state index in [2.05, 4.69) is 15.9 Å². The van der Waals surface area contributed by atoms with Crippen LogP contribution in [0.4, 0.5) is 5.69 Å². The minimum Gasteiger partial charge on any atom is -0.330 e. The van der Waals surface area contributed by atoms with Gasteiger partial charge in [0.2, 0.25) is 0 Å². The van der Waals surface area contributed by atoms with Gasteiger partial charge in [0.05, 0.1) is 4.92 Å². The molecule has 0 spiro atoms. The molecule has 1 saturated carbocycles. The molecular weight excluding hydrogens is 308 g/mol. The number of nitrogens with zero attached hydrogens (tertiary/aromatic N) is 1. The molecule has 5 heteroatoms. The van der Waals surface area contributed by atoms with E-state index in [9.17, 15) is 10.1 Å². The van der Waals surface area contributed by atoms with Crippen molar-refractivity contribution >= 4 is 21.6 Å². The maximum Gasteiger partial charge on any atom is 0.273 e. The molecule has 0 saturated heterocycles. The molecule has 2 rings (SSSR count). The van der Waals surface area contributed by atoms with Crippen molar-refractivity contribution in [3.8, 4) is 0 Å². The average Bonchev–Trinajstić information content (AvgIpc) is 2.42. The van der Waals surface area contributed by atoms with Gasteiger partial charge in [0.15, 0.2) is 0 Å². The average molecular weight is 327 g/mol. The van der Waals surface area contributed by atoms with Crippen LogP contribution in [0.5, 0.6) is 0 Å². The fourth-order valence-corrected chi connectivity index (χ4v) is 3.36. The van der Waals surface area contributed by atoms with Crippen molar-refractivity contribution in [2.24, 2.45) is 11.1 Å². The summed E-state index contributed by atoms with van der Waals surface area (Å²) in [5.41, 5.74) is 7.02. The van der Waals surface area contributed by atoms with E-state index in [4.69, 9.17) is 5.73 Å². The largest absolute Gasteiger partial charge is 0.330 e. The predicted octanol–water partition coefficient (Wildman–Crippen LogP) is 3.81. The molecular formula is C14H19BrN2O2. The number of hydrogen-bond donors (Lipinski definition) is 1. The van der Waals surface area contributed by atoms with Gasteiger partial charge in [0.25, 0.3) is 5.69 Å². The lowest BCUT2D eigenvalue weighted by molar-refractivity contribution is -0.385. The number of rotatable bonds is 4. The number of benzene rings is 1. The van der Waals surface area contributed by atoms with Gasteiger partial charge in [-0.3, -0.25) is 10.1 Å². The normalized spacial score (nSPS) is 18.2. The van der Waals surface area contributed by atoms with Gasteiger partial charge in [0, 0.05) is 16.1 Å². The predicted molar refractivity (Wildman–Crippen MR) is 79.1 cm³/mol. The van der Waals surface area contributed by atoms with Crippen LogP contribution in [0.25, 0.3) is 0 Å². The highest BCUT2D eigenvalue weighted by atomic mass is 79.9. The molecule has 0 heterocycles. The maximum atomic E-state index is 11.2. The summed E-state index contributed by atoms with van der Waals surface area (Å²) in [4.78, 5) is 10.9. The van der Waals surface area contributed by atoms with Crippen molar-refractivity contribution in [3.05, 3.63) is 38.3 Å². The van der Waals surface area contributed by atoms with E-state index in [1.54, 1.807) is 6.07 Å². The molecule has 1 aliphatic carbocycles. The Morgan fingerprint density at radius 3 is 2.58 bits per heavy atom. The third kappa shape index (κ3) is 3.34. The van der Waals surface area contributed by atoms with Gasteiger partial charge in [0.1, 0.15) is 0 Å². The highest BCUT2D eigenvalue weighted by molar-refractivity contribution is 9.10. The first kappa shape index (κ1) is 14.5. The summed E-state index contributed by atoms with van der Waals surface area (Å²) in [6.45, 7) is 0.611. The van der Waals surface area contributed by atoms with E-state index in [0.29, 0.717) is 13.0 Å². The Balaban J connectivity index is 2.28. The van der Waals surface area contributed by atoms with Crippen molar-refractivity contribution < 1.29 is 4.92 Å². The molecule has 4 nitrogen and oxygen atoms in total. The molecule has 0 amide bonds. The Morgan fingerprint density at radius 1 is 1.32 bits per heavy atom. The van der Waals surface area contributed by atoms with Gasteiger partial charge in [-0.05, 0) is 37.3 Å². The smallest absolute Gasteiger partial charge is 0.273 e. The van der Waals surface area contributed by atoms with E-state index in [-0.39, 0.29) is 16.0 Å². The van der Waals surface area contributed by atoms with Crippen molar-refractivity contribution in [2.75, 3.05) is 6.54 Å². The number of nitro benzene ring substituents is 1. The fraction of sp³-hybridized carbons (Fsp3) is 0.571. The van der Waals surface area contributed by atoms with Crippen molar-refractivity contribution in [2.45, 2.75) is 38.5 Å². The molecule has 19 heavy (non-hydrogen) atoms. The molecule has 104 valence electrons. The van der Waals surface area contributed by atoms with E-state index in [1.165, 1.54) is 19.3 Å². The molecule has 0 radical (unpaired) electrons. The second-order valence-electron chi connectivity index (χ2n) is 5.47. The van der Waals surface area contributed by atoms with Crippen LogP contribution in [0, 0.1) is 15.5 Å². The van der Waals surface area contributed by atoms with E-state index >= 15 is 0 Å². The number of nitro groups is 1. The number of hydrogen-bond acceptors (Lipinski definition) is 3. The monoisotopic (exact) mass is 326 g/mol. The summed E-state index contributed by atoms with van der Waals surface area (Å²) in [5.74, 6) is 0. The second kappa shape index (κ2) is 6.01. The third-order valence-electron chi connectivity index (χ3n) is 4.16. The summed E-state index contributed by atoms with van der Waals surface area (Å²) in [7, 11) is 0. The van der Waals surface area contributed by atoms with Crippen LogP contribution >= 0.6 is 15.9 Å². The minimum atomic E-state index is -0.298. The molecule has 1 aromatic carbocycles. The Morgan fingerprint density at radius 2 is 2.00 bits per heavy atom. The zero-order chi connectivity index (χ0) is 13.9. The molecule has 0 aromatic heterocycles. The first-order valence-electron chi connectivity index (χ1n) is 6.69. The third-order valence-corrected chi connectivity index (χ3v) is 4.65. The second-order valence-corrected chi connectivity index (χ2v) is 6.39. The molecule has 0 unspecified atom stereocenters. The standard InChI is InChI=1S/C14H19BrN2O2/c15-12-5-4-11(13(8-12)17(18)19)9-14(10-16)6-2-1-3-7-14/h4-5,8H,1-3,6-7,9-10,16H2. The highest BCUT2D eigenvalue weighted by Gasteiger charge is 2.33. The van der Waals surface area contributed by atoms with E-state index in [1.807, 2.05) is 12.1 Å². The molecule has 1 aliphatic rings. The number of halogens is 1. The minimum absolute atomic E-state index is 0.0524. The molecule has 0 aliphatic heterocycles. The Labute approximate surface area is 121 Å². The van der Waals surface area contributed by atoms with Gasteiger partial charge < -0.3 is 5.73 Å². The first-order chi connectivity index (χ1) is 9.06. The van der Waals surface area contributed by atoms with Crippen molar-refractivity contribution in [1.82, 2.24) is 0 Å². The van der Waals surface area contributed by atoms with Crippen LogP contribution < -0.4 is 5.73 Å². The zero-order valence-corrected chi connectivity index (χ0v) is 12.5. The molecule has 1 aromatic rings. The maximum absolute atomic E-state index is 11.2. The van der Waals surface area contributed by atoms with Crippen molar-refractivity contribution in [3.63, 3.8) is 0 Å². The van der Waals surface area contributed by atoms with Crippen LogP contribution in [-0.2, 0) is 6.42 Å². The van der Waals surface area contributed by atoms with Crippen LogP contribution in [0.2, 0.25) is 0 Å². The molecule has 1 fully saturated rings. The van der Waals surface area contributed by atoms with Gasteiger partial charge in [-0.25, -0.2) is 0 Å². The summed E-state index contributed by atoms with van der Waals surface area (Å²) >= 11 is 3.29. The lowest BCUT2D eigenvalue weighted by Crippen LogP contribution is -2.35. The molecule has 0 bridgehead atoms. The Kier molecular flexibility index (Phi) is 4.58. The number of nitrogens with two attached hydrogens (primary N) is 1. The van der Waals surface area contributed by atoms with Crippen LogP contribution in [0.1, 0.15) is 37.7 Å². The van der Waals surface area contributed by atoms with Gasteiger partial charge in [-0.2, -0.15) is 0 Å². The van der Waals surface area contributed by atoms with E-state index < -0.39 is 0 Å². The lowest BCUT2D eigenvalue weighted by Gasteiger charge is -2.36. The van der Waals surface area contributed by atoms with Crippen LogP contribution in [0.3, 0.4) is 0 Å². The topological polar surface area (TPSA) is 69.2 Å². The summed E-state index contributed by atoms with van der Waals surface area (Å²) in [6, 6.07) is 5.31. The van der Waals surface area contributed by atoms with Crippen LogP contribution in [-0.4, -0.2) is 11.5 Å². The van der Waals surface area contributed by atoms with E-state index in [0.717, 1.165) is 22.9 Å². The summed E-state index contributed by atoms with van der Waals surface area (Å²) in [6.07, 6.45) is 6.49. The SMILES string of the molecule is NCC1(Cc2ccc(Br)cc2[N+](=O)[O-])CCCCC1. The highest BCUT2D eigenvalue weighted by Crippen LogP contribution is 2.40.